The van der Waals surface area contributed by atoms with Gasteiger partial charge in [-0.3, -0.25) is 0 Å². The second-order valence-electron chi connectivity index (χ2n) is 4.98. The van der Waals surface area contributed by atoms with Crippen molar-refractivity contribution in [2.24, 2.45) is 0 Å². The van der Waals surface area contributed by atoms with Crippen LogP contribution in [0.4, 0.5) is 17.1 Å². The second kappa shape index (κ2) is 4.89. The predicted molar refractivity (Wildman–Crippen MR) is 85.6 cm³/mol. The molecule has 0 aromatic heterocycles. The lowest BCUT2D eigenvalue weighted by Crippen LogP contribution is -2.31. The van der Waals surface area contributed by atoms with Gasteiger partial charge in [-0.05, 0) is 43.2 Å². The molecule has 0 atom stereocenters. The van der Waals surface area contributed by atoms with Crippen molar-refractivity contribution < 1.29 is 0 Å². The normalized spacial score (nSPS) is 13.9. The van der Waals surface area contributed by atoms with Crippen molar-refractivity contribution in [3.63, 3.8) is 0 Å². The Morgan fingerprint density at radius 1 is 1.11 bits per heavy atom. The molecule has 0 fully saturated rings. The number of aryl methyl sites for hydroxylation is 2. The molecule has 2 aromatic carbocycles. The Morgan fingerprint density at radius 3 is 2.58 bits per heavy atom. The smallest absolute Gasteiger partial charge is 0.0658 e. The molecule has 19 heavy (non-hydrogen) atoms. The van der Waals surface area contributed by atoms with Gasteiger partial charge in [0.2, 0.25) is 0 Å². The van der Waals surface area contributed by atoms with E-state index in [0.29, 0.717) is 0 Å². The first-order valence-corrected chi connectivity index (χ1v) is 7.33. The molecular weight excluding hydrogens is 300 g/mol. The third-order valence-corrected chi connectivity index (χ3v) is 4.10. The second-order valence-corrected chi connectivity index (χ2v) is 5.90. The molecule has 98 valence electrons. The highest BCUT2D eigenvalue weighted by molar-refractivity contribution is 9.10. The summed E-state index contributed by atoms with van der Waals surface area (Å²) in [5.74, 6) is 0. The van der Waals surface area contributed by atoms with E-state index in [0.717, 1.165) is 17.6 Å². The number of nitrogens with one attached hydrogen (secondary N) is 1. The van der Waals surface area contributed by atoms with Crippen LogP contribution < -0.4 is 10.2 Å². The molecular formula is C16H17BrN2. The summed E-state index contributed by atoms with van der Waals surface area (Å²) in [6.45, 7) is 6.33. The highest BCUT2D eigenvalue weighted by Gasteiger charge is 2.20. The maximum Gasteiger partial charge on any atom is 0.0658 e. The lowest BCUT2D eigenvalue weighted by Gasteiger charge is -2.34. The molecule has 1 heterocycles. The van der Waals surface area contributed by atoms with Gasteiger partial charge in [0.1, 0.15) is 0 Å². The Bertz CT molecular complexity index is 602. The Labute approximate surface area is 122 Å². The minimum Gasteiger partial charge on any atom is -0.382 e. The molecule has 1 N–H and O–H groups in total. The number of fused-ring (bicyclic) bond motifs is 1. The van der Waals surface area contributed by atoms with Crippen LogP contribution in [0.5, 0.6) is 0 Å². The molecule has 0 saturated heterocycles. The largest absolute Gasteiger partial charge is 0.382 e. The maximum atomic E-state index is 3.57. The standard InChI is InChI=1S/C16H17BrN2/c1-11-4-3-5-12(2)16(11)19-9-8-18-14-7-6-13(17)10-15(14)19/h3-7,10,18H,8-9H2,1-2H3. The average Bonchev–Trinajstić information content (AvgIpc) is 2.39. The summed E-state index contributed by atoms with van der Waals surface area (Å²) >= 11 is 3.57. The maximum absolute atomic E-state index is 3.57. The summed E-state index contributed by atoms with van der Waals surface area (Å²) in [5, 5.41) is 3.47. The van der Waals surface area contributed by atoms with Crippen molar-refractivity contribution in [1.29, 1.82) is 0 Å². The average molecular weight is 317 g/mol. The van der Waals surface area contributed by atoms with Crippen molar-refractivity contribution in [2.45, 2.75) is 13.8 Å². The molecule has 2 aromatic rings. The number of hydrogen-bond donors (Lipinski definition) is 1. The van der Waals surface area contributed by atoms with Gasteiger partial charge in [0.25, 0.3) is 0 Å². The third-order valence-electron chi connectivity index (χ3n) is 3.61. The first kappa shape index (κ1) is 12.5. The van der Waals surface area contributed by atoms with Crippen LogP contribution in [0.25, 0.3) is 0 Å². The van der Waals surface area contributed by atoms with E-state index < -0.39 is 0 Å². The highest BCUT2D eigenvalue weighted by atomic mass is 79.9. The zero-order valence-corrected chi connectivity index (χ0v) is 12.8. The number of nitrogens with zero attached hydrogens (tertiary/aromatic N) is 1. The van der Waals surface area contributed by atoms with Gasteiger partial charge in [-0.1, -0.05) is 34.1 Å². The molecule has 2 nitrogen and oxygen atoms in total. The van der Waals surface area contributed by atoms with E-state index in [9.17, 15) is 0 Å². The van der Waals surface area contributed by atoms with Crippen LogP contribution in [-0.4, -0.2) is 13.1 Å². The minimum atomic E-state index is 0.975. The van der Waals surface area contributed by atoms with Gasteiger partial charge >= 0.3 is 0 Å². The van der Waals surface area contributed by atoms with Crippen LogP contribution in [-0.2, 0) is 0 Å². The van der Waals surface area contributed by atoms with E-state index in [-0.39, 0.29) is 0 Å². The van der Waals surface area contributed by atoms with E-state index in [1.807, 2.05) is 0 Å². The molecule has 0 spiro atoms. The van der Waals surface area contributed by atoms with Gasteiger partial charge < -0.3 is 10.2 Å². The predicted octanol–water partition coefficient (Wildman–Crippen LogP) is 4.63. The lowest BCUT2D eigenvalue weighted by atomic mass is 10.1. The lowest BCUT2D eigenvalue weighted by molar-refractivity contribution is 0.917. The summed E-state index contributed by atoms with van der Waals surface area (Å²) in [6, 6.07) is 12.9. The highest BCUT2D eigenvalue weighted by Crippen LogP contribution is 2.39. The number of halogens is 1. The van der Waals surface area contributed by atoms with Crippen molar-refractivity contribution >= 4 is 33.0 Å². The molecule has 0 bridgehead atoms. The molecule has 0 unspecified atom stereocenters. The van der Waals surface area contributed by atoms with Gasteiger partial charge in [-0.15, -0.1) is 0 Å². The minimum absolute atomic E-state index is 0.975. The zero-order chi connectivity index (χ0) is 13.4. The summed E-state index contributed by atoms with van der Waals surface area (Å²) < 4.78 is 1.12. The van der Waals surface area contributed by atoms with Crippen molar-refractivity contribution in [3.8, 4) is 0 Å². The van der Waals surface area contributed by atoms with Crippen molar-refractivity contribution in [3.05, 3.63) is 52.0 Å². The Balaban J connectivity index is 2.16. The van der Waals surface area contributed by atoms with E-state index in [1.165, 1.54) is 28.2 Å². The van der Waals surface area contributed by atoms with Crippen molar-refractivity contribution in [1.82, 2.24) is 0 Å². The van der Waals surface area contributed by atoms with Crippen LogP contribution in [0.3, 0.4) is 0 Å². The van der Waals surface area contributed by atoms with Gasteiger partial charge in [0.15, 0.2) is 0 Å². The third kappa shape index (κ3) is 2.23. The fourth-order valence-corrected chi connectivity index (χ4v) is 3.11. The molecule has 3 rings (SSSR count). The molecule has 1 aliphatic rings. The molecule has 0 radical (unpaired) electrons. The fourth-order valence-electron chi connectivity index (χ4n) is 2.76. The SMILES string of the molecule is Cc1cccc(C)c1N1CCNc2ccc(Br)cc21. The van der Waals surface area contributed by atoms with E-state index in [2.05, 4.69) is 76.4 Å². The van der Waals surface area contributed by atoms with Gasteiger partial charge in [-0.25, -0.2) is 0 Å². The molecule has 3 heteroatoms. The fraction of sp³-hybridized carbons (Fsp3) is 0.250. The molecule has 0 aliphatic carbocycles. The Morgan fingerprint density at radius 2 is 1.84 bits per heavy atom. The molecule has 0 saturated carbocycles. The number of para-hydroxylation sites is 1. The number of anilines is 3. The quantitative estimate of drug-likeness (QED) is 0.825. The Hall–Kier alpha value is -1.48. The summed E-state index contributed by atoms with van der Waals surface area (Å²) in [7, 11) is 0. The van der Waals surface area contributed by atoms with Crippen LogP contribution in [0.15, 0.2) is 40.9 Å². The van der Waals surface area contributed by atoms with Crippen LogP contribution in [0.1, 0.15) is 11.1 Å². The van der Waals surface area contributed by atoms with Gasteiger partial charge in [0, 0.05) is 23.2 Å². The zero-order valence-electron chi connectivity index (χ0n) is 11.2. The summed E-state index contributed by atoms with van der Waals surface area (Å²) in [4.78, 5) is 2.42. The monoisotopic (exact) mass is 316 g/mol. The van der Waals surface area contributed by atoms with Gasteiger partial charge in [0.05, 0.1) is 11.4 Å². The topological polar surface area (TPSA) is 15.3 Å². The number of benzene rings is 2. The Kier molecular flexibility index (Phi) is 3.23. The van der Waals surface area contributed by atoms with E-state index in [1.54, 1.807) is 0 Å². The van der Waals surface area contributed by atoms with Gasteiger partial charge in [-0.2, -0.15) is 0 Å². The summed E-state index contributed by atoms with van der Waals surface area (Å²) in [6.07, 6.45) is 0. The molecule has 1 aliphatic heterocycles. The van der Waals surface area contributed by atoms with Crippen LogP contribution >= 0.6 is 15.9 Å². The number of rotatable bonds is 1. The van der Waals surface area contributed by atoms with E-state index in [4.69, 9.17) is 0 Å². The van der Waals surface area contributed by atoms with Crippen LogP contribution in [0.2, 0.25) is 0 Å². The first-order valence-electron chi connectivity index (χ1n) is 6.54. The summed E-state index contributed by atoms with van der Waals surface area (Å²) in [5.41, 5.74) is 6.44. The van der Waals surface area contributed by atoms with E-state index >= 15 is 0 Å². The van der Waals surface area contributed by atoms with Crippen LogP contribution in [0, 0.1) is 13.8 Å². The van der Waals surface area contributed by atoms with Crippen molar-refractivity contribution in [2.75, 3.05) is 23.3 Å². The molecule has 0 amide bonds. The first-order chi connectivity index (χ1) is 9.16. The number of hydrogen-bond acceptors (Lipinski definition) is 2.